The standard InChI is InChI=1S/C17H15ClN6O2/c18-12-8-4-5-9-13(12)21-17(26)15-16(19)24(23-22-15)10-14(25)20-11-6-2-1-3-7-11/h1-9H,10,19H2,(H,20,25)(H,21,26). The van der Waals surface area contributed by atoms with Crippen molar-refractivity contribution in [2.45, 2.75) is 6.54 Å². The fourth-order valence-corrected chi connectivity index (χ4v) is 2.38. The summed E-state index contributed by atoms with van der Waals surface area (Å²) in [4.78, 5) is 24.4. The topological polar surface area (TPSA) is 115 Å². The largest absolute Gasteiger partial charge is 0.382 e. The molecule has 0 spiro atoms. The van der Waals surface area contributed by atoms with E-state index in [-0.39, 0.29) is 24.0 Å². The molecule has 0 aliphatic carbocycles. The van der Waals surface area contributed by atoms with Crippen LogP contribution in [0.15, 0.2) is 54.6 Å². The first-order chi connectivity index (χ1) is 12.5. The molecule has 0 saturated heterocycles. The van der Waals surface area contributed by atoms with Gasteiger partial charge in [-0.05, 0) is 24.3 Å². The summed E-state index contributed by atoms with van der Waals surface area (Å²) in [5, 5.41) is 13.2. The van der Waals surface area contributed by atoms with Gasteiger partial charge in [0, 0.05) is 5.69 Å². The van der Waals surface area contributed by atoms with Crippen LogP contribution in [-0.4, -0.2) is 26.8 Å². The predicted molar refractivity (Wildman–Crippen MR) is 98.9 cm³/mol. The quantitative estimate of drug-likeness (QED) is 0.638. The number of benzene rings is 2. The lowest BCUT2D eigenvalue weighted by molar-refractivity contribution is -0.116. The number of para-hydroxylation sites is 2. The number of hydrogen-bond donors (Lipinski definition) is 3. The maximum absolute atomic E-state index is 12.3. The molecule has 1 heterocycles. The second-order valence-electron chi connectivity index (χ2n) is 5.33. The number of anilines is 3. The summed E-state index contributed by atoms with van der Waals surface area (Å²) in [6.07, 6.45) is 0. The molecule has 3 rings (SSSR count). The van der Waals surface area contributed by atoms with Crippen molar-refractivity contribution in [2.75, 3.05) is 16.4 Å². The van der Waals surface area contributed by atoms with Crippen LogP contribution in [0.4, 0.5) is 17.2 Å². The fraction of sp³-hybridized carbons (Fsp3) is 0.0588. The summed E-state index contributed by atoms with van der Waals surface area (Å²) in [6, 6.07) is 15.7. The fourth-order valence-electron chi connectivity index (χ4n) is 2.20. The van der Waals surface area contributed by atoms with Gasteiger partial charge in [0.1, 0.15) is 6.54 Å². The summed E-state index contributed by atoms with van der Waals surface area (Å²) in [6.45, 7) is -0.174. The Morgan fingerprint density at radius 2 is 1.73 bits per heavy atom. The Morgan fingerprint density at radius 3 is 2.46 bits per heavy atom. The van der Waals surface area contributed by atoms with Crippen LogP contribution in [0.2, 0.25) is 5.02 Å². The molecule has 3 aromatic rings. The molecular weight excluding hydrogens is 356 g/mol. The molecule has 0 fully saturated rings. The number of hydrogen-bond acceptors (Lipinski definition) is 5. The van der Waals surface area contributed by atoms with E-state index in [1.54, 1.807) is 48.5 Å². The van der Waals surface area contributed by atoms with Gasteiger partial charge >= 0.3 is 0 Å². The molecule has 4 N–H and O–H groups in total. The summed E-state index contributed by atoms with van der Waals surface area (Å²) < 4.78 is 1.15. The predicted octanol–water partition coefficient (Wildman–Crippen LogP) is 2.40. The summed E-state index contributed by atoms with van der Waals surface area (Å²) in [5.74, 6) is -0.922. The number of carbonyl (C=O) groups is 2. The van der Waals surface area contributed by atoms with E-state index < -0.39 is 5.91 Å². The van der Waals surface area contributed by atoms with Crippen molar-refractivity contribution < 1.29 is 9.59 Å². The zero-order chi connectivity index (χ0) is 18.5. The van der Waals surface area contributed by atoms with E-state index in [4.69, 9.17) is 17.3 Å². The number of rotatable bonds is 5. The van der Waals surface area contributed by atoms with E-state index in [0.29, 0.717) is 16.4 Å². The van der Waals surface area contributed by atoms with Crippen molar-refractivity contribution in [3.8, 4) is 0 Å². The minimum atomic E-state index is -0.565. The number of nitrogens with two attached hydrogens (primary N) is 1. The Balaban J connectivity index is 1.68. The van der Waals surface area contributed by atoms with Gasteiger partial charge in [-0.1, -0.05) is 47.1 Å². The van der Waals surface area contributed by atoms with Crippen LogP contribution in [0.1, 0.15) is 10.5 Å². The zero-order valence-corrected chi connectivity index (χ0v) is 14.3. The van der Waals surface area contributed by atoms with Crippen LogP contribution in [0.5, 0.6) is 0 Å². The van der Waals surface area contributed by atoms with E-state index in [9.17, 15) is 9.59 Å². The maximum Gasteiger partial charge on any atom is 0.280 e. The van der Waals surface area contributed by atoms with Crippen LogP contribution in [0.25, 0.3) is 0 Å². The number of nitrogen functional groups attached to an aromatic ring is 1. The summed E-state index contributed by atoms with van der Waals surface area (Å²) in [5.41, 5.74) is 6.89. The van der Waals surface area contributed by atoms with Crippen LogP contribution < -0.4 is 16.4 Å². The minimum absolute atomic E-state index is 0.0160. The first-order valence-corrected chi connectivity index (χ1v) is 8.02. The zero-order valence-electron chi connectivity index (χ0n) is 13.5. The molecular formula is C17H15ClN6O2. The van der Waals surface area contributed by atoms with Crippen LogP contribution >= 0.6 is 11.6 Å². The molecule has 8 nitrogen and oxygen atoms in total. The van der Waals surface area contributed by atoms with Crippen molar-refractivity contribution in [1.82, 2.24) is 15.0 Å². The van der Waals surface area contributed by atoms with E-state index in [1.807, 2.05) is 6.07 Å². The third-order valence-electron chi connectivity index (χ3n) is 3.46. The first kappa shape index (κ1) is 17.4. The summed E-state index contributed by atoms with van der Waals surface area (Å²) >= 11 is 6.01. The highest BCUT2D eigenvalue weighted by atomic mass is 35.5. The van der Waals surface area contributed by atoms with E-state index >= 15 is 0 Å². The third-order valence-corrected chi connectivity index (χ3v) is 3.79. The van der Waals surface area contributed by atoms with Gasteiger partial charge in [-0.25, -0.2) is 4.68 Å². The second-order valence-corrected chi connectivity index (χ2v) is 5.74. The molecule has 0 unspecified atom stereocenters. The van der Waals surface area contributed by atoms with Gasteiger partial charge < -0.3 is 16.4 Å². The Kier molecular flexibility index (Phi) is 5.14. The maximum atomic E-state index is 12.3. The van der Waals surface area contributed by atoms with Crippen molar-refractivity contribution in [3.05, 3.63) is 65.3 Å². The van der Waals surface area contributed by atoms with E-state index in [1.165, 1.54) is 0 Å². The van der Waals surface area contributed by atoms with Gasteiger partial charge in [-0.15, -0.1) is 5.10 Å². The molecule has 2 amide bonds. The number of carbonyl (C=O) groups excluding carboxylic acids is 2. The highest BCUT2D eigenvalue weighted by molar-refractivity contribution is 6.33. The van der Waals surface area contributed by atoms with Gasteiger partial charge in [0.2, 0.25) is 5.91 Å². The van der Waals surface area contributed by atoms with Gasteiger partial charge in [0.25, 0.3) is 5.91 Å². The van der Waals surface area contributed by atoms with Crippen molar-refractivity contribution in [1.29, 1.82) is 0 Å². The van der Waals surface area contributed by atoms with Gasteiger partial charge in [-0.2, -0.15) is 0 Å². The highest BCUT2D eigenvalue weighted by Gasteiger charge is 2.19. The molecule has 0 bridgehead atoms. The van der Waals surface area contributed by atoms with Gasteiger partial charge in [0.15, 0.2) is 11.5 Å². The molecule has 0 aliphatic rings. The molecule has 2 aromatic carbocycles. The Bertz CT molecular complexity index is 941. The Morgan fingerprint density at radius 1 is 1.04 bits per heavy atom. The van der Waals surface area contributed by atoms with Crippen LogP contribution in [0, 0.1) is 0 Å². The smallest absolute Gasteiger partial charge is 0.280 e. The Hall–Kier alpha value is -3.39. The SMILES string of the molecule is Nc1c(C(=O)Nc2ccccc2Cl)nnn1CC(=O)Nc1ccccc1. The number of nitrogens with zero attached hydrogens (tertiary/aromatic N) is 3. The molecule has 26 heavy (non-hydrogen) atoms. The number of amides is 2. The Labute approximate surface area is 154 Å². The van der Waals surface area contributed by atoms with Gasteiger partial charge in [-0.3, -0.25) is 9.59 Å². The normalized spacial score (nSPS) is 10.3. The average molecular weight is 371 g/mol. The average Bonchev–Trinajstić information content (AvgIpc) is 2.98. The van der Waals surface area contributed by atoms with Crippen molar-refractivity contribution in [3.63, 3.8) is 0 Å². The van der Waals surface area contributed by atoms with Crippen molar-refractivity contribution >= 4 is 40.6 Å². The molecule has 0 saturated carbocycles. The molecule has 1 aromatic heterocycles. The van der Waals surface area contributed by atoms with E-state index in [0.717, 1.165) is 4.68 Å². The van der Waals surface area contributed by atoms with Crippen molar-refractivity contribution in [2.24, 2.45) is 0 Å². The first-order valence-electron chi connectivity index (χ1n) is 7.64. The lowest BCUT2D eigenvalue weighted by Gasteiger charge is -2.07. The monoisotopic (exact) mass is 370 g/mol. The van der Waals surface area contributed by atoms with Crippen LogP contribution in [-0.2, 0) is 11.3 Å². The lowest BCUT2D eigenvalue weighted by atomic mass is 10.3. The van der Waals surface area contributed by atoms with E-state index in [2.05, 4.69) is 20.9 Å². The minimum Gasteiger partial charge on any atom is -0.382 e. The van der Waals surface area contributed by atoms with Crippen LogP contribution in [0.3, 0.4) is 0 Å². The number of nitrogens with one attached hydrogen (secondary N) is 2. The molecule has 0 aliphatic heterocycles. The lowest BCUT2D eigenvalue weighted by Crippen LogP contribution is -2.21. The molecule has 0 atom stereocenters. The summed E-state index contributed by atoms with van der Waals surface area (Å²) in [7, 11) is 0. The van der Waals surface area contributed by atoms with Gasteiger partial charge in [0.05, 0.1) is 10.7 Å². The molecule has 9 heteroatoms. The number of halogens is 1. The third kappa shape index (κ3) is 3.98. The number of aromatic nitrogens is 3. The highest BCUT2D eigenvalue weighted by Crippen LogP contribution is 2.21. The molecule has 0 radical (unpaired) electrons. The second kappa shape index (κ2) is 7.66. The molecule has 132 valence electrons.